The third kappa shape index (κ3) is 1.33. The SMILES string of the molecule is Fc1c(F)c2ccc3cccc4c(F)c(F)c(c1F)c2c34. The Kier molecular flexibility index (Phi) is 2.24. The van der Waals surface area contributed by atoms with Crippen molar-refractivity contribution in [1.82, 2.24) is 0 Å². The predicted molar refractivity (Wildman–Crippen MR) is 69.9 cm³/mol. The number of hydrogen-bond donors (Lipinski definition) is 0. The molecular weight excluding hydrogens is 287 g/mol. The fraction of sp³-hybridized carbons (Fsp3) is 0. The summed E-state index contributed by atoms with van der Waals surface area (Å²) in [5.41, 5.74) is 0. The van der Waals surface area contributed by atoms with Gasteiger partial charge in [0.05, 0.1) is 5.39 Å². The van der Waals surface area contributed by atoms with Gasteiger partial charge in [0.1, 0.15) is 0 Å². The highest BCUT2D eigenvalue weighted by Gasteiger charge is 2.26. The minimum Gasteiger partial charge on any atom is -0.203 e. The summed E-state index contributed by atoms with van der Waals surface area (Å²) in [6.45, 7) is 0. The molecule has 0 aromatic heterocycles. The van der Waals surface area contributed by atoms with E-state index in [0.717, 1.165) is 0 Å². The minimum atomic E-state index is -1.81. The van der Waals surface area contributed by atoms with Crippen LogP contribution in [0.3, 0.4) is 0 Å². The van der Waals surface area contributed by atoms with Crippen LogP contribution in [-0.2, 0) is 0 Å². The molecule has 0 N–H and O–H groups in total. The molecule has 0 aliphatic rings. The van der Waals surface area contributed by atoms with E-state index in [4.69, 9.17) is 0 Å². The summed E-state index contributed by atoms with van der Waals surface area (Å²) in [7, 11) is 0. The quantitative estimate of drug-likeness (QED) is 0.235. The van der Waals surface area contributed by atoms with Crippen molar-refractivity contribution in [2.24, 2.45) is 0 Å². The van der Waals surface area contributed by atoms with E-state index in [1.165, 1.54) is 24.3 Å². The van der Waals surface area contributed by atoms with Crippen molar-refractivity contribution in [1.29, 1.82) is 0 Å². The smallest absolute Gasteiger partial charge is 0.195 e. The van der Waals surface area contributed by atoms with Crippen molar-refractivity contribution in [2.45, 2.75) is 0 Å². The van der Waals surface area contributed by atoms with Gasteiger partial charge in [-0.3, -0.25) is 0 Å². The molecule has 0 atom stereocenters. The summed E-state index contributed by atoms with van der Waals surface area (Å²) < 4.78 is 69.6. The fourth-order valence-electron chi connectivity index (χ4n) is 2.87. The average Bonchev–Trinajstić information content (AvgIpc) is 2.50. The molecule has 104 valence electrons. The maximum atomic E-state index is 14.1. The van der Waals surface area contributed by atoms with Crippen LogP contribution in [0.15, 0.2) is 30.3 Å². The molecule has 4 aromatic carbocycles. The van der Waals surface area contributed by atoms with E-state index in [0.29, 0.717) is 5.39 Å². The van der Waals surface area contributed by atoms with E-state index < -0.39 is 34.5 Å². The lowest BCUT2D eigenvalue weighted by molar-refractivity contribution is 0.453. The lowest BCUT2D eigenvalue weighted by atomic mass is 9.93. The summed E-state index contributed by atoms with van der Waals surface area (Å²) in [5.74, 6) is -7.71. The molecule has 0 saturated heterocycles. The van der Waals surface area contributed by atoms with Crippen molar-refractivity contribution in [2.75, 3.05) is 0 Å². The summed E-state index contributed by atoms with van der Waals surface area (Å²) in [6, 6.07) is 7.13. The second-order valence-corrected chi connectivity index (χ2v) is 4.84. The zero-order chi connectivity index (χ0) is 14.9. The zero-order valence-electron chi connectivity index (χ0n) is 10.3. The molecule has 0 unspecified atom stereocenters. The normalized spacial score (nSPS) is 12.0. The van der Waals surface area contributed by atoms with Crippen LogP contribution in [0.2, 0.25) is 0 Å². The Labute approximate surface area is 114 Å². The van der Waals surface area contributed by atoms with Gasteiger partial charge in [-0.1, -0.05) is 30.3 Å². The molecule has 0 spiro atoms. The van der Waals surface area contributed by atoms with Gasteiger partial charge in [-0.2, -0.15) is 0 Å². The molecule has 5 heteroatoms. The van der Waals surface area contributed by atoms with Crippen LogP contribution in [0, 0.1) is 29.1 Å². The van der Waals surface area contributed by atoms with Crippen LogP contribution < -0.4 is 0 Å². The first-order chi connectivity index (χ1) is 10.0. The number of benzene rings is 4. The zero-order valence-corrected chi connectivity index (χ0v) is 10.3. The number of hydrogen-bond acceptors (Lipinski definition) is 0. The Morgan fingerprint density at radius 2 is 1.10 bits per heavy atom. The molecular formula is C16H5F5. The van der Waals surface area contributed by atoms with E-state index in [-0.39, 0.29) is 21.5 Å². The Morgan fingerprint density at radius 3 is 1.86 bits per heavy atom. The van der Waals surface area contributed by atoms with E-state index >= 15 is 0 Å². The van der Waals surface area contributed by atoms with Gasteiger partial charge in [0.15, 0.2) is 29.1 Å². The second kappa shape index (κ2) is 3.81. The van der Waals surface area contributed by atoms with E-state index in [1.807, 2.05) is 0 Å². The highest BCUT2D eigenvalue weighted by molar-refractivity contribution is 6.23. The van der Waals surface area contributed by atoms with Gasteiger partial charge in [-0.05, 0) is 5.39 Å². The molecule has 0 nitrogen and oxygen atoms in total. The lowest BCUT2D eigenvalue weighted by Crippen LogP contribution is -2.01. The maximum Gasteiger partial charge on any atom is 0.195 e. The summed E-state index contributed by atoms with van der Waals surface area (Å²) in [5, 5.41) is -0.680. The third-order valence-corrected chi connectivity index (χ3v) is 3.79. The highest BCUT2D eigenvalue weighted by Crippen LogP contribution is 2.40. The third-order valence-electron chi connectivity index (χ3n) is 3.79. The van der Waals surface area contributed by atoms with E-state index in [1.54, 1.807) is 6.07 Å². The second-order valence-electron chi connectivity index (χ2n) is 4.84. The first kappa shape index (κ1) is 12.3. The minimum absolute atomic E-state index is 0.0893. The van der Waals surface area contributed by atoms with E-state index in [9.17, 15) is 22.0 Å². The molecule has 0 bridgehead atoms. The number of halogens is 5. The van der Waals surface area contributed by atoms with Gasteiger partial charge in [-0.15, -0.1) is 0 Å². The van der Waals surface area contributed by atoms with Crippen LogP contribution in [-0.4, -0.2) is 0 Å². The van der Waals surface area contributed by atoms with Gasteiger partial charge >= 0.3 is 0 Å². The average molecular weight is 292 g/mol. The Balaban J connectivity index is 2.53. The van der Waals surface area contributed by atoms with Gasteiger partial charge in [0, 0.05) is 21.5 Å². The van der Waals surface area contributed by atoms with Crippen molar-refractivity contribution in [3.63, 3.8) is 0 Å². The maximum absolute atomic E-state index is 14.1. The van der Waals surface area contributed by atoms with Crippen LogP contribution in [0.5, 0.6) is 0 Å². The molecule has 0 saturated carbocycles. The van der Waals surface area contributed by atoms with Gasteiger partial charge in [0.2, 0.25) is 0 Å². The summed E-state index contributed by atoms with van der Waals surface area (Å²) >= 11 is 0. The van der Waals surface area contributed by atoms with Crippen molar-refractivity contribution < 1.29 is 22.0 Å². The monoisotopic (exact) mass is 292 g/mol. The van der Waals surface area contributed by atoms with Gasteiger partial charge < -0.3 is 0 Å². The fourth-order valence-corrected chi connectivity index (χ4v) is 2.87. The van der Waals surface area contributed by atoms with Crippen molar-refractivity contribution in [3.05, 3.63) is 59.4 Å². The highest BCUT2D eigenvalue weighted by atomic mass is 19.2. The molecule has 0 radical (unpaired) electrons. The van der Waals surface area contributed by atoms with Gasteiger partial charge in [0.25, 0.3) is 0 Å². The summed E-state index contributed by atoms with van der Waals surface area (Å²) in [4.78, 5) is 0. The molecule has 0 heterocycles. The molecule has 4 rings (SSSR count). The lowest BCUT2D eigenvalue weighted by Gasteiger charge is -2.14. The van der Waals surface area contributed by atoms with Crippen LogP contribution in [0.4, 0.5) is 22.0 Å². The standard InChI is InChI=1S/C16H5F5/c17-12-7-3-1-2-6-4-5-8-10(9(6)7)11(14(12)19)15(20)16(21)13(8)18/h1-5H. The first-order valence-corrected chi connectivity index (χ1v) is 6.10. The molecule has 0 aliphatic heterocycles. The van der Waals surface area contributed by atoms with E-state index in [2.05, 4.69) is 0 Å². The van der Waals surface area contributed by atoms with Crippen molar-refractivity contribution in [3.8, 4) is 0 Å². The molecule has 0 amide bonds. The largest absolute Gasteiger partial charge is 0.203 e. The summed E-state index contributed by atoms with van der Waals surface area (Å²) in [6.07, 6.45) is 0. The molecule has 0 fully saturated rings. The predicted octanol–water partition coefficient (Wildman–Crippen LogP) is 5.28. The van der Waals surface area contributed by atoms with Crippen LogP contribution in [0.1, 0.15) is 0 Å². The Bertz CT molecular complexity index is 1040. The Hall–Kier alpha value is -2.43. The molecule has 21 heavy (non-hydrogen) atoms. The van der Waals surface area contributed by atoms with Gasteiger partial charge in [-0.25, -0.2) is 22.0 Å². The van der Waals surface area contributed by atoms with Crippen LogP contribution in [0.25, 0.3) is 32.3 Å². The molecule has 4 aromatic rings. The first-order valence-electron chi connectivity index (χ1n) is 6.10. The number of rotatable bonds is 0. The van der Waals surface area contributed by atoms with Crippen LogP contribution >= 0.6 is 0 Å². The molecule has 0 aliphatic carbocycles. The topological polar surface area (TPSA) is 0 Å². The Morgan fingerprint density at radius 1 is 0.476 bits per heavy atom. The van der Waals surface area contributed by atoms with Crippen molar-refractivity contribution >= 4 is 32.3 Å².